The van der Waals surface area contributed by atoms with Crippen molar-refractivity contribution in [2.45, 2.75) is 19.3 Å². The summed E-state index contributed by atoms with van der Waals surface area (Å²) < 4.78 is 1.10. The zero-order chi connectivity index (χ0) is 13.0. The van der Waals surface area contributed by atoms with Crippen molar-refractivity contribution >= 4 is 27.3 Å². The van der Waals surface area contributed by atoms with E-state index in [1.165, 1.54) is 10.6 Å². The quantitative estimate of drug-likeness (QED) is 0.887. The van der Waals surface area contributed by atoms with E-state index in [1.807, 2.05) is 19.2 Å². The molecule has 2 nitrogen and oxygen atoms in total. The number of benzene rings is 1. The summed E-state index contributed by atoms with van der Waals surface area (Å²) in [5, 5.41) is 6.60. The number of aromatic nitrogens is 1. The smallest absolute Gasteiger partial charge is 0.0976 e. The molecule has 1 aromatic heterocycles. The molecule has 1 heterocycles. The fourth-order valence-corrected chi connectivity index (χ4v) is 3.41. The first-order valence-electron chi connectivity index (χ1n) is 6.11. The Hall–Kier alpha value is -0.710. The van der Waals surface area contributed by atoms with Gasteiger partial charge in [0.2, 0.25) is 0 Å². The summed E-state index contributed by atoms with van der Waals surface area (Å²) in [6.45, 7) is 3.20. The number of nitrogens with zero attached hydrogens (tertiary/aromatic N) is 1. The van der Waals surface area contributed by atoms with Gasteiger partial charge >= 0.3 is 0 Å². The van der Waals surface area contributed by atoms with Gasteiger partial charge in [-0.1, -0.05) is 41.1 Å². The molecule has 0 saturated heterocycles. The van der Waals surface area contributed by atoms with Gasteiger partial charge < -0.3 is 5.32 Å². The Labute approximate surface area is 121 Å². The highest BCUT2D eigenvalue weighted by atomic mass is 79.9. The van der Waals surface area contributed by atoms with Crippen LogP contribution in [0, 0.1) is 0 Å². The van der Waals surface area contributed by atoms with Crippen molar-refractivity contribution in [3.05, 3.63) is 39.1 Å². The summed E-state index contributed by atoms with van der Waals surface area (Å²) in [6.07, 6.45) is 1.11. The third kappa shape index (κ3) is 2.99. The van der Waals surface area contributed by atoms with Gasteiger partial charge in [0.05, 0.1) is 10.7 Å². The van der Waals surface area contributed by atoms with Crippen molar-refractivity contribution in [3.63, 3.8) is 0 Å². The normalized spacial score (nSPS) is 12.6. The van der Waals surface area contributed by atoms with Crippen molar-refractivity contribution in [2.75, 3.05) is 13.6 Å². The summed E-state index contributed by atoms with van der Waals surface area (Å²) in [4.78, 5) is 4.78. The molecule has 1 aromatic carbocycles. The highest BCUT2D eigenvalue weighted by Crippen LogP contribution is 2.31. The van der Waals surface area contributed by atoms with Crippen LogP contribution in [0.4, 0.5) is 0 Å². The third-order valence-electron chi connectivity index (χ3n) is 2.96. The lowest BCUT2D eigenvalue weighted by molar-refractivity contribution is 0.609. The number of hydrogen-bond donors (Lipinski definition) is 1. The van der Waals surface area contributed by atoms with Crippen LogP contribution in [0.2, 0.25) is 0 Å². The number of halogens is 1. The molecule has 0 spiro atoms. The Morgan fingerprint density at radius 1 is 1.39 bits per heavy atom. The second kappa shape index (κ2) is 6.45. The molecule has 2 aromatic rings. The molecule has 0 aliphatic rings. The van der Waals surface area contributed by atoms with E-state index in [0.29, 0.717) is 5.92 Å². The highest BCUT2D eigenvalue weighted by Gasteiger charge is 2.14. The zero-order valence-corrected chi connectivity index (χ0v) is 13.0. The monoisotopic (exact) mass is 324 g/mol. The molecular formula is C14H17BrN2S. The average molecular weight is 325 g/mol. The summed E-state index contributed by atoms with van der Waals surface area (Å²) >= 11 is 5.33. The number of hydrogen-bond acceptors (Lipinski definition) is 3. The zero-order valence-electron chi connectivity index (χ0n) is 10.6. The maximum Gasteiger partial charge on any atom is 0.0976 e. The van der Waals surface area contributed by atoms with Crippen molar-refractivity contribution in [1.82, 2.24) is 10.3 Å². The van der Waals surface area contributed by atoms with Gasteiger partial charge in [-0.25, -0.2) is 4.98 Å². The van der Waals surface area contributed by atoms with E-state index in [-0.39, 0.29) is 0 Å². The molecule has 0 radical (unpaired) electrons. The minimum Gasteiger partial charge on any atom is -0.319 e. The predicted octanol–water partition coefficient (Wildman–Crippen LogP) is 4.29. The van der Waals surface area contributed by atoms with Crippen LogP contribution in [0.1, 0.15) is 24.3 Å². The van der Waals surface area contributed by atoms with Crippen molar-refractivity contribution in [2.24, 2.45) is 0 Å². The van der Waals surface area contributed by atoms with Crippen LogP contribution in [-0.4, -0.2) is 18.6 Å². The molecule has 0 aliphatic carbocycles. The van der Waals surface area contributed by atoms with Crippen LogP contribution in [0.3, 0.4) is 0 Å². The number of rotatable bonds is 5. The molecule has 0 fully saturated rings. The Balaban J connectivity index is 2.28. The molecule has 0 bridgehead atoms. The fourth-order valence-electron chi connectivity index (χ4n) is 1.92. The number of nitrogens with one attached hydrogen (secondary N) is 1. The largest absolute Gasteiger partial charge is 0.319 e. The van der Waals surface area contributed by atoms with E-state index in [4.69, 9.17) is 4.98 Å². The van der Waals surface area contributed by atoms with Gasteiger partial charge in [0, 0.05) is 27.9 Å². The maximum absolute atomic E-state index is 4.78. The molecule has 0 saturated carbocycles. The molecular weight excluding hydrogens is 308 g/mol. The van der Waals surface area contributed by atoms with Gasteiger partial charge in [0.25, 0.3) is 0 Å². The van der Waals surface area contributed by atoms with E-state index in [2.05, 4.69) is 45.7 Å². The molecule has 1 unspecified atom stereocenters. The van der Waals surface area contributed by atoms with Crippen LogP contribution >= 0.6 is 27.3 Å². The molecule has 18 heavy (non-hydrogen) atoms. The molecule has 4 heteroatoms. The topological polar surface area (TPSA) is 24.9 Å². The van der Waals surface area contributed by atoms with Crippen molar-refractivity contribution in [3.8, 4) is 11.3 Å². The van der Waals surface area contributed by atoms with Crippen LogP contribution in [0.5, 0.6) is 0 Å². The Kier molecular flexibility index (Phi) is 4.92. The second-order valence-corrected chi connectivity index (χ2v) is 5.96. The van der Waals surface area contributed by atoms with Crippen LogP contribution in [0.25, 0.3) is 11.3 Å². The average Bonchev–Trinajstić information content (AvgIpc) is 2.85. The molecule has 0 aliphatic heterocycles. The maximum atomic E-state index is 4.78. The molecule has 1 N–H and O–H groups in total. The molecule has 0 amide bonds. The van der Waals surface area contributed by atoms with Crippen LogP contribution in [0.15, 0.2) is 34.1 Å². The lowest BCUT2D eigenvalue weighted by Crippen LogP contribution is -2.16. The molecule has 2 rings (SSSR count). The first-order chi connectivity index (χ1) is 8.76. The van der Waals surface area contributed by atoms with E-state index >= 15 is 0 Å². The minimum atomic E-state index is 0.510. The lowest BCUT2D eigenvalue weighted by atomic mass is 10.1. The van der Waals surface area contributed by atoms with Gasteiger partial charge in [-0.05, 0) is 19.5 Å². The van der Waals surface area contributed by atoms with Gasteiger partial charge in [0.1, 0.15) is 0 Å². The summed E-state index contributed by atoms with van der Waals surface area (Å²) in [7, 11) is 1.99. The van der Waals surface area contributed by atoms with Gasteiger partial charge in [-0.3, -0.25) is 0 Å². The molecule has 1 atom stereocenters. The molecule has 96 valence electrons. The number of likely N-dealkylation sites (N-methyl/N-ethyl adjacent to an activating group) is 1. The summed E-state index contributed by atoms with van der Waals surface area (Å²) in [5.41, 5.74) is 2.23. The Bertz CT molecular complexity index is 510. The van der Waals surface area contributed by atoms with E-state index in [1.54, 1.807) is 11.3 Å². The van der Waals surface area contributed by atoms with Crippen LogP contribution < -0.4 is 5.32 Å². The second-order valence-electron chi connectivity index (χ2n) is 4.21. The minimum absolute atomic E-state index is 0.510. The van der Waals surface area contributed by atoms with Gasteiger partial charge in [-0.15, -0.1) is 11.3 Å². The lowest BCUT2D eigenvalue weighted by Gasteiger charge is -2.10. The van der Waals surface area contributed by atoms with Gasteiger partial charge in [-0.2, -0.15) is 0 Å². The van der Waals surface area contributed by atoms with Crippen molar-refractivity contribution in [1.29, 1.82) is 0 Å². The Morgan fingerprint density at radius 3 is 2.83 bits per heavy atom. The fraction of sp³-hybridized carbons (Fsp3) is 0.357. The SMILES string of the molecule is CCC(CNC)c1nc(-c2ccccc2Br)cs1. The Morgan fingerprint density at radius 2 is 2.17 bits per heavy atom. The third-order valence-corrected chi connectivity index (χ3v) is 4.66. The summed E-state index contributed by atoms with van der Waals surface area (Å²) in [5.74, 6) is 0.510. The number of thiazole rings is 1. The van der Waals surface area contributed by atoms with Gasteiger partial charge in [0.15, 0.2) is 0 Å². The van der Waals surface area contributed by atoms with E-state index in [9.17, 15) is 0 Å². The standard InChI is InChI=1S/C14H17BrN2S/c1-3-10(8-16-2)14-17-13(9-18-14)11-6-4-5-7-12(11)15/h4-7,9-10,16H,3,8H2,1-2H3. The van der Waals surface area contributed by atoms with E-state index in [0.717, 1.165) is 23.1 Å². The first kappa shape index (κ1) is 13.7. The van der Waals surface area contributed by atoms with E-state index < -0.39 is 0 Å². The predicted molar refractivity (Wildman–Crippen MR) is 82.2 cm³/mol. The van der Waals surface area contributed by atoms with Crippen LogP contribution in [-0.2, 0) is 0 Å². The summed E-state index contributed by atoms with van der Waals surface area (Å²) in [6, 6.07) is 8.22. The van der Waals surface area contributed by atoms with Crippen molar-refractivity contribution < 1.29 is 0 Å². The first-order valence-corrected chi connectivity index (χ1v) is 7.78. The highest BCUT2D eigenvalue weighted by molar-refractivity contribution is 9.10.